The quantitative estimate of drug-likeness (QED) is 0.554. The van der Waals surface area contributed by atoms with Gasteiger partial charge >= 0.3 is 6.55 Å². The molecule has 1 atom stereocenters. The zero-order chi connectivity index (χ0) is 24.1. The number of nitrogens with zero attached hydrogens (tertiary/aromatic N) is 4. The summed E-state index contributed by atoms with van der Waals surface area (Å²) in [6.45, 7) is 11.7. The molecule has 0 bridgehead atoms. The number of anilines is 1. The summed E-state index contributed by atoms with van der Waals surface area (Å²) in [5, 5.41) is 3.71. The molecule has 178 valence electrons. The number of alkyl halides is 2. The van der Waals surface area contributed by atoms with Gasteiger partial charge < -0.3 is 4.43 Å². The van der Waals surface area contributed by atoms with Crippen LogP contribution in [0.2, 0.25) is 18.1 Å². The fourth-order valence-electron chi connectivity index (χ4n) is 3.44. The standard InChI is InChI=1S/C21H32F2N4O3SSi/c1-14-8-18-17(24-10-14)9-16(13-30-32(6,7)21(3,4)5)11-27(18)31(28,29)19-12-26(20(22)23)25-15(19)2/h8,10,12,16,20H,9,11,13H2,1-7H3/t16-/m1/s1. The maximum Gasteiger partial charge on any atom is 0.333 e. The van der Waals surface area contributed by atoms with Crippen molar-refractivity contribution in [3.8, 4) is 0 Å². The molecule has 1 aliphatic heterocycles. The summed E-state index contributed by atoms with van der Waals surface area (Å²) >= 11 is 0. The molecule has 0 N–H and O–H groups in total. The third-order valence-electron chi connectivity index (χ3n) is 6.38. The Hall–Kier alpha value is -1.85. The van der Waals surface area contributed by atoms with Crippen molar-refractivity contribution in [2.24, 2.45) is 5.92 Å². The van der Waals surface area contributed by atoms with Crippen LogP contribution in [0, 0.1) is 19.8 Å². The first kappa shape index (κ1) is 24.8. The maximum absolute atomic E-state index is 13.6. The molecule has 0 amide bonds. The van der Waals surface area contributed by atoms with Gasteiger partial charge in [0.05, 0.1) is 23.3 Å². The van der Waals surface area contributed by atoms with E-state index < -0.39 is 24.9 Å². The summed E-state index contributed by atoms with van der Waals surface area (Å²) in [7, 11) is -6.14. The van der Waals surface area contributed by atoms with Crippen molar-refractivity contribution in [2.75, 3.05) is 17.5 Å². The van der Waals surface area contributed by atoms with Gasteiger partial charge in [0.25, 0.3) is 10.0 Å². The Bertz CT molecular complexity index is 1100. The SMILES string of the molecule is Cc1cnc2c(c1)N(S(=O)(=O)c1cn(C(F)F)nc1C)C[C@H](CO[Si](C)(C)C(C)(C)C)C2. The van der Waals surface area contributed by atoms with Crippen LogP contribution in [0.15, 0.2) is 23.4 Å². The molecule has 0 saturated heterocycles. The number of aromatic nitrogens is 3. The van der Waals surface area contributed by atoms with Crippen molar-refractivity contribution in [3.05, 3.63) is 35.4 Å². The van der Waals surface area contributed by atoms with Crippen molar-refractivity contribution in [1.82, 2.24) is 14.8 Å². The van der Waals surface area contributed by atoms with Crippen molar-refractivity contribution in [1.29, 1.82) is 0 Å². The second kappa shape index (κ2) is 8.49. The van der Waals surface area contributed by atoms with Gasteiger partial charge in [0.1, 0.15) is 4.90 Å². The van der Waals surface area contributed by atoms with Gasteiger partial charge in [-0.25, -0.2) is 13.1 Å². The number of aryl methyl sites for hydroxylation is 2. The molecule has 7 nitrogen and oxygen atoms in total. The van der Waals surface area contributed by atoms with Crippen LogP contribution in [0.5, 0.6) is 0 Å². The smallest absolute Gasteiger partial charge is 0.333 e. The summed E-state index contributed by atoms with van der Waals surface area (Å²) in [6.07, 6.45) is 3.19. The largest absolute Gasteiger partial charge is 0.416 e. The molecule has 3 rings (SSSR count). The number of fused-ring (bicyclic) bond motifs is 1. The van der Waals surface area contributed by atoms with Gasteiger partial charge in [-0.05, 0) is 50.0 Å². The third-order valence-corrected chi connectivity index (χ3v) is 12.8. The van der Waals surface area contributed by atoms with Crippen LogP contribution in [-0.4, -0.2) is 44.7 Å². The van der Waals surface area contributed by atoms with E-state index in [9.17, 15) is 17.2 Å². The lowest BCUT2D eigenvalue weighted by molar-refractivity contribution is 0.0561. The van der Waals surface area contributed by atoms with Gasteiger partial charge in [0, 0.05) is 25.3 Å². The lowest BCUT2D eigenvalue weighted by Crippen LogP contribution is -2.46. The third kappa shape index (κ3) is 4.74. The highest BCUT2D eigenvalue weighted by molar-refractivity contribution is 7.92. The summed E-state index contributed by atoms with van der Waals surface area (Å²) < 4.78 is 61.5. The number of rotatable bonds is 6. The summed E-state index contributed by atoms with van der Waals surface area (Å²) in [4.78, 5) is 4.26. The monoisotopic (exact) mass is 486 g/mol. The Kier molecular flexibility index (Phi) is 6.58. The van der Waals surface area contributed by atoms with E-state index in [1.807, 2.05) is 6.92 Å². The molecule has 11 heteroatoms. The van der Waals surface area contributed by atoms with E-state index in [1.165, 1.54) is 11.2 Å². The van der Waals surface area contributed by atoms with Crippen molar-refractivity contribution in [2.45, 2.75) is 70.6 Å². The summed E-state index contributed by atoms with van der Waals surface area (Å²) in [6, 6.07) is 1.78. The molecule has 2 aromatic rings. The fraction of sp³-hybridized carbons (Fsp3) is 0.619. The fourth-order valence-corrected chi connectivity index (χ4v) is 6.25. The second-order valence-electron chi connectivity index (χ2n) is 9.99. The van der Waals surface area contributed by atoms with Crippen molar-refractivity contribution >= 4 is 24.0 Å². The van der Waals surface area contributed by atoms with Crippen LogP contribution in [0.4, 0.5) is 14.5 Å². The normalized spacial score (nSPS) is 17.7. The highest BCUT2D eigenvalue weighted by Crippen LogP contribution is 2.39. The molecule has 0 radical (unpaired) electrons. The summed E-state index contributed by atoms with van der Waals surface area (Å²) in [5.74, 6) is -0.105. The minimum absolute atomic E-state index is 0.0294. The van der Waals surface area contributed by atoms with Gasteiger partial charge in [-0.15, -0.1) is 0 Å². The minimum atomic E-state index is -4.12. The van der Waals surface area contributed by atoms with Crippen LogP contribution in [0.1, 0.15) is 44.3 Å². The average Bonchev–Trinajstić information content (AvgIpc) is 3.08. The van der Waals surface area contributed by atoms with E-state index in [0.29, 0.717) is 29.1 Å². The van der Waals surface area contributed by atoms with E-state index in [4.69, 9.17) is 4.43 Å². The van der Waals surface area contributed by atoms with Crippen molar-refractivity contribution < 1.29 is 21.6 Å². The van der Waals surface area contributed by atoms with E-state index in [0.717, 1.165) is 11.8 Å². The highest BCUT2D eigenvalue weighted by atomic mass is 32.2. The van der Waals surface area contributed by atoms with Crippen LogP contribution in [-0.2, 0) is 20.9 Å². The molecule has 32 heavy (non-hydrogen) atoms. The number of hydrogen-bond donors (Lipinski definition) is 0. The first-order valence-electron chi connectivity index (χ1n) is 10.6. The second-order valence-corrected chi connectivity index (χ2v) is 16.6. The number of pyridine rings is 1. The molecule has 2 aromatic heterocycles. The van der Waals surface area contributed by atoms with E-state index >= 15 is 0 Å². The van der Waals surface area contributed by atoms with E-state index in [2.05, 4.69) is 43.9 Å². The lowest BCUT2D eigenvalue weighted by atomic mass is 9.98. The predicted octanol–water partition coefficient (Wildman–Crippen LogP) is 4.68. The van der Waals surface area contributed by atoms with E-state index in [1.54, 1.807) is 12.3 Å². The van der Waals surface area contributed by atoms with Crippen LogP contribution in [0.3, 0.4) is 0 Å². The van der Waals surface area contributed by atoms with E-state index in [-0.39, 0.29) is 28.1 Å². The molecule has 1 aliphatic rings. The molecule has 0 aliphatic carbocycles. The highest BCUT2D eigenvalue weighted by Gasteiger charge is 2.40. The van der Waals surface area contributed by atoms with Crippen LogP contribution in [0.25, 0.3) is 0 Å². The molecular formula is C21H32F2N4O3SSi. The molecular weight excluding hydrogens is 454 g/mol. The first-order chi connectivity index (χ1) is 14.6. The number of sulfonamides is 1. The van der Waals surface area contributed by atoms with Gasteiger partial charge in [0.15, 0.2) is 8.32 Å². The zero-order valence-corrected chi connectivity index (χ0v) is 21.5. The summed E-state index contributed by atoms with van der Waals surface area (Å²) in [5.41, 5.74) is 2.00. The Labute approximate surface area is 190 Å². The Morgan fingerprint density at radius 1 is 1.28 bits per heavy atom. The Morgan fingerprint density at radius 3 is 2.50 bits per heavy atom. The van der Waals surface area contributed by atoms with Gasteiger partial charge in [0.2, 0.25) is 0 Å². The van der Waals surface area contributed by atoms with Gasteiger partial charge in [-0.2, -0.15) is 13.9 Å². The first-order valence-corrected chi connectivity index (χ1v) is 14.9. The average molecular weight is 487 g/mol. The molecule has 3 heterocycles. The minimum Gasteiger partial charge on any atom is -0.416 e. The Balaban J connectivity index is 1.98. The van der Waals surface area contributed by atoms with Crippen LogP contribution < -0.4 is 4.31 Å². The van der Waals surface area contributed by atoms with Crippen molar-refractivity contribution in [3.63, 3.8) is 0 Å². The molecule has 0 spiro atoms. The van der Waals surface area contributed by atoms with Gasteiger partial charge in [-0.1, -0.05) is 20.8 Å². The molecule has 0 aromatic carbocycles. The zero-order valence-electron chi connectivity index (χ0n) is 19.7. The molecule has 0 unspecified atom stereocenters. The molecule has 0 fully saturated rings. The Morgan fingerprint density at radius 2 is 1.94 bits per heavy atom. The number of hydrogen-bond acceptors (Lipinski definition) is 5. The molecule has 0 saturated carbocycles. The predicted molar refractivity (Wildman–Crippen MR) is 122 cm³/mol. The number of halogens is 2. The topological polar surface area (TPSA) is 77.3 Å². The maximum atomic E-state index is 13.6. The van der Waals surface area contributed by atoms with Gasteiger partial charge in [-0.3, -0.25) is 9.29 Å². The lowest BCUT2D eigenvalue weighted by Gasteiger charge is -2.39. The van der Waals surface area contributed by atoms with Crippen LogP contribution >= 0.6 is 0 Å².